The van der Waals surface area contributed by atoms with Crippen molar-refractivity contribution in [2.24, 2.45) is 5.73 Å². The molecule has 3 N–H and O–H groups in total. The highest BCUT2D eigenvalue weighted by Crippen LogP contribution is 2.32. The van der Waals surface area contributed by atoms with Crippen LogP contribution in [0.15, 0.2) is 29.2 Å². The van der Waals surface area contributed by atoms with Crippen LogP contribution in [-0.2, 0) is 4.79 Å². The Morgan fingerprint density at radius 1 is 1.57 bits per heavy atom. The summed E-state index contributed by atoms with van der Waals surface area (Å²) in [5.74, 6) is 0.577. The van der Waals surface area contributed by atoms with Crippen LogP contribution in [0.4, 0.5) is 0 Å². The van der Waals surface area contributed by atoms with E-state index in [0.29, 0.717) is 12.5 Å². The molecule has 1 aliphatic carbocycles. The van der Waals surface area contributed by atoms with Gasteiger partial charge >= 0.3 is 0 Å². The lowest BCUT2D eigenvalue weighted by molar-refractivity contribution is -0.124. The van der Waals surface area contributed by atoms with Gasteiger partial charge in [-0.1, -0.05) is 13.0 Å². The highest BCUT2D eigenvalue weighted by molar-refractivity contribution is 8.00. The number of ether oxygens (including phenoxy) is 1. The summed E-state index contributed by atoms with van der Waals surface area (Å²) in [5, 5.41) is 3.67. The third-order valence-electron chi connectivity index (χ3n) is 3.72. The van der Waals surface area contributed by atoms with Crippen molar-refractivity contribution in [1.82, 2.24) is 5.32 Å². The number of benzene rings is 1. The number of carbonyl (C=O) groups is 1. The van der Waals surface area contributed by atoms with Gasteiger partial charge in [-0.25, -0.2) is 0 Å². The van der Waals surface area contributed by atoms with E-state index >= 15 is 0 Å². The van der Waals surface area contributed by atoms with E-state index in [9.17, 15) is 4.79 Å². The second kappa shape index (κ2) is 6.71. The van der Waals surface area contributed by atoms with Crippen LogP contribution in [0.2, 0.25) is 0 Å². The second-order valence-corrected chi connectivity index (χ2v) is 7.44. The number of nitrogens with two attached hydrogens (primary N) is 1. The highest BCUT2D eigenvalue weighted by atomic mass is 32.2. The van der Waals surface area contributed by atoms with E-state index in [2.05, 4.69) is 18.3 Å². The number of hydrogen-bond acceptors (Lipinski definition) is 4. The number of rotatable bonds is 8. The molecule has 1 aromatic carbocycles. The summed E-state index contributed by atoms with van der Waals surface area (Å²) in [6, 6.07) is 8.42. The van der Waals surface area contributed by atoms with Crippen molar-refractivity contribution >= 4 is 17.7 Å². The summed E-state index contributed by atoms with van der Waals surface area (Å²) in [7, 11) is 1.66. The van der Waals surface area contributed by atoms with Crippen molar-refractivity contribution in [3.8, 4) is 5.75 Å². The molecular weight excluding hydrogens is 284 g/mol. The fraction of sp³-hybridized carbons (Fsp3) is 0.562. The molecule has 1 saturated carbocycles. The van der Waals surface area contributed by atoms with Gasteiger partial charge in [0, 0.05) is 16.2 Å². The molecule has 0 heterocycles. The van der Waals surface area contributed by atoms with E-state index in [-0.39, 0.29) is 11.2 Å². The van der Waals surface area contributed by atoms with Crippen LogP contribution in [0.25, 0.3) is 0 Å². The fourth-order valence-electron chi connectivity index (χ4n) is 2.43. The lowest BCUT2D eigenvalue weighted by atomic mass is 9.95. The van der Waals surface area contributed by atoms with Gasteiger partial charge in [0.05, 0.1) is 12.6 Å². The Hall–Kier alpha value is -1.20. The van der Waals surface area contributed by atoms with Crippen LogP contribution in [0, 0.1) is 0 Å². The Bertz CT molecular complexity index is 505. The standard InChI is InChI=1S/C16H24N2O2S/c1-11(21-14-6-4-5-13(9-14)20-3)10-16(2,15(17)19)18-12-7-8-12/h4-6,9,11-12,18H,7-8,10H2,1-3H3,(H2,17,19). The molecule has 0 saturated heterocycles. The van der Waals surface area contributed by atoms with E-state index in [1.807, 2.05) is 25.1 Å². The zero-order valence-electron chi connectivity index (χ0n) is 12.9. The van der Waals surface area contributed by atoms with Crippen LogP contribution in [0.5, 0.6) is 5.75 Å². The highest BCUT2D eigenvalue weighted by Gasteiger charge is 2.38. The summed E-state index contributed by atoms with van der Waals surface area (Å²) in [5.41, 5.74) is 4.97. The van der Waals surface area contributed by atoms with Crippen molar-refractivity contribution < 1.29 is 9.53 Å². The van der Waals surface area contributed by atoms with Crippen LogP contribution >= 0.6 is 11.8 Å². The normalized spacial score (nSPS) is 18.8. The van der Waals surface area contributed by atoms with Crippen LogP contribution in [0.1, 0.15) is 33.1 Å². The van der Waals surface area contributed by atoms with Crippen molar-refractivity contribution in [2.75, 3.05) is 7.11 Å². The second-order valence-electron chi connectivity index (χ2n) is 5.93. The van der Waals surface area contributed by atoms with Crippen molar-refractivity contribution in [2.45, 2.75) is 54.8 Å². The Labute approximate surface area is 130 Å². The first-order valence-electron chi connectivity index (χ1n) is 7.31. The van der Waals surface area contributed by atoms with Gasteiger partial charge in [-0.2, -0.15) is 0 Å². The molecule has 1 amide bonds. The quantitative estimate of drug-likeness (QED) is 0.725. The van der Waals surface area contributed by atoms with Gasteiger partial charge < -0.3 is 15.8 Å². The Morgan fingerprint density at radius 2 is 2.29 bits per heavy atom. The van der Waals surface area contributed by atoms with E-state index in [0.717, 1.165) is 23.5 Å². The van der Waals surface area contributed by atoms with E-state index in [1.54, 1.807) is 18.9 Å². The first kappa shape index (κ1) is 16.2. The number of methoxy groups -OCH3 is 1. The van der Waals surface area contributed by atoms with Crippen LogP contribution in [0.3, 0.4) is 0 Å². The smallest absolute Gasteiger partial charge is 0.237 e. The first-order valence-corrected chi connectivity index (χ1v) is 8.19. The minimum absolute atomic E-state index is 0.271. The Kier molecular flexibility index (Phi) is 5.17. The van der Waals surface area contributed by atoms with Gasteiger partial charge in [0.25, 0.3) is 0 Å². The summed E-state index contributed by atoms with van der Waals surface area (Å²) in [4.78, 5) is 12.9. The predicted octanol–water partition coefficient (Wildman–Crippen LogP) is 2.56. The third-order valence-corrected chi connectivity index (χ3v) is 4.81. The number of hydrogen-bond donors (Lipinski definition) is 2. The fourth-order valence-corrected chi connectivity index (χ4v) is 3.65. The first-order chi connectivity index (χ1) is 9.93. The molecule has 0 aromatic heterocycles. The number of nitrogens with one attached hydrogen (secondary N) is 1. The third kappa shape index (κ3) is 4.64. The van der Waals surface area contributed by atoms with Gasteiger partial charge in [0.2, 0.25) is 5.91 Å². The molecule has 4 nitrogen and oxygen atoms in total. The Morgan fingerprint density at radius 3 is 2.86 bits per heavy atom. The maximum absolute atomic E-state index is 11.8. The summed E-state index contributed by atoms with van der Waals surface area (Å²) in [6.45, 7) is 4.04. The van der Waals surface area contributed by atoms with Gasteiger partial charge in [-0.05, 0) is 44.4 Å². The number of carbonyl (C=O) groups excluding carboxylic acids is 1. The van der Waals surface area contributed by atoms with Crippen LogP contribution in [-0.4, -0.2) is 29.8 Å². The Balaban J connectivity index is 1.97. The average molecular weight is 308 g/mol. The zero-order valence-corrected chi connectivity index (χ0v) is 13.7. The number of primary amides is 1. The molecular formula is C16H24N2O2S. The van der Waals surface area contributed by atoms with Gasteiger partial charge in [0.15, 0.2) is 0 Å². The monoisotopic (exact) mass is 308 g/mol. The molecule has 5 heteroatoms. The van der Waals surface area contributed by atoms with Crippen molar-refractivity contribution in [3.63, 3.8) is 0 Å². The van der Waals surface area contributed by atoms with Crippen molar-refractivity contribution in [3.05, 3.63) is 24.3 Å². The molecule has 0 aliphatic heterocycles. The topological polar surface area (TPSA) is 64.3 Å². The molecule has 0 spiro atoms. The molecule has 1 aromatic rings. The summed E-state index contributed by atoms with van der Waals surface area (Å²) >= 11 is 1.74. The SMILES string of the molecule is COc1cccc(SC(C)CC(C)(NC2CC2)C(N)=O)c1. The molecule has 116 valence electrons. The predicted molar refractivity (Wildman–Crippen MR) is 86.7 cm³/mol. The minimum atomic E-state index is -0.632. The maximum Gasteiger partial charge on any atom is 0.237 e. The molecule has 1 aliphatic rings. The molecule has 21 heavy (non-hydrogen) atoms. The average Bonchev–Trinajstić information content (AvgIpc) is 3.22. The minimum Gasteiger partial charge on any atom is -0.497 e. The molecule has 2 rings (SSSR count). The summed E-state index contributed by atoms with van der Waals surface area (Å²) < 4.78 is 5.24. The molecule has 0 radical (unpaired) electrons. The zero-order chi connectivity index (χ0) is 15.5. The van der Waals surface area contributed by atoms with Gasteiger partial charge in [-0.15, -0.1) is 11.8 Å². The maximum atomic E-state index is 11.8. The summed E-state index contributed by atoms with van der Waals surface area (Å²) in [6.07, 6.45) is 2.99. The van der Waals surface area contributed by atoms with Crippen LogP contribution < -0.4 is 15.8 Å². The molecule has 2 unspecified atom stereocenters. The van der Waals surface area contributed by atoms with E-state index in [1.165, 1.54) is 0 Å². The lowest BCUT2D eigenvalue weighted by Gasteiger charge is -2.30. The van der Waals surface area contributed by atoms with E-state index in [4.69, 9.17) is 10.5 Å². The number of amides is 1. The largest absolute Gasteiger partial charge is 0.497 e. The van der Waals surface area contributed by atoms with Crippen molar-refractivity contribution in [1.29, 1.82) is 0 Å². The molecule has 0 bridgehead atoms. The number of thioether (sulfide) groups is 1. The molecule has 2 atom stereocenters. The van der Waals surface area contributed by atoms with Gasteiger partial charge in [-0.3, -0.25) is 4.79 Å². The molecule has 1 fully saturated rings. The van der Waals surface area contributed by atoms with Gasteiger partial charge in [0.1, 0.15) is 5.75 Å². The van der Waals surface area contributed by atoms with E-state index < -0.39 is 5.54 Å². The lowest BCUT2D eigenvalue weighted by Crippen LogP contribution is -2.55.